The summed E-state index contributed by atoms with van der Waals surface area (Å²) in [5.41, 5.74) is 2.11. The first-order valence-corrected chi connectivity index (χ1v) is 8.00. The number of nitrogens with zero attached hydrogens (tertiary/aromatic N) is 3. The highest BCUT2D eigenvalue weighted by atomic mass is 35.5. The second-order valence-corrected chi connectivity index (χ2v) is 5.90. The normalized spacial score (nSPS) is 11.2. The van der Waals surface area contributed by atoms with E-state index >= 15 is 0 Å². The molecule has 0 aliphatic carbocycles. The summed E-state index contributed by atoms with van der Waals surface area (Å²) < 4.78 is 1.88. The van der Waals surface area contributed by atoms with Gasteiger partial charge in [0.2, 0.25) is 0 Å². The van der Waals surface area contributed by atoms with Gasteiger partial charge < -0.3 is 0 Å². The molecule has 0 aliphatic heterocycles. The van der Waals surface area contributed by atoms with E-state index in [2.05, 4.69) is 9.97 Å². The van der Waals surface area contributed by atoms with Crippen LogP contribution in [0.2, 0.25) is 15.2 Å². The lowest BCUT2D eigenvalue weighted by Crippen LogP contribution is -1.98. The third-order valence-electron chi connectivity index (χ3n) is 2.87. The molecule has 3 nitrogen and oxygen atoms in total. The van der Waals surface area contributed by atoms with Gasteiger partial charge in [-0.15, -0.1) is 0 Å². The molecule has 20 heavy (non-hydrogen) atoms. The molecule has 3 aromatic rings. The largest absolute Gasteiger partial charge is 0.278 e. The van der Waals surface area contributed by atoms with Crippen molar-refractivity contribution in [2.24, 2.45) is 0 Å². The Bertz CT molecular complexity index is 801. The van der Waals surface area contributed by atoms with Gasteiger partial charge in [-0.2, -0.15) is 0 Å². The van der Waals surface area contributed by atoms with Crippen molar-refractivity contribution in [1.82, 2.24) is 14.4 Å². The van der Waals surface area contributed by atoms with Crippen LogP contribution in [0, 0.1) is 0 Å². The number of halogens is 3. The molecular weight excluding hydrogens is 337 g/mol. The molecule has 102 valence electrons. The number of rotatable bonds is 2. The number of hydrogen-bond acceptors (Lipinski definition) is 3. The van der Waals surface area contributed by atoms with E-state index in [-0.39, 0.29) is 0 Å². The zero-order valence-electron chi connectivity index (χ0n) is 10.3. The highest BCUT2D eigenvalue weighted by molar-refractivity contribution is 7.98. The lowest BCUT2D eigenvalue weighted by molar-refractivity contribution is 0.908. The van der Waals surface area contributed by atoms with Gasteiger partial charge >= 0.3 is 0 Å². The SMILES string of the molecule is CSc1nc(Cl)c(-c2cccc(Cl)c2Cl)c2nccn12. The Morgan fingerprint density at radius 3 is 2.75 bits per heavy atom. The molecule has 0 atom stereocenters. The number of hydrogen-bond donors (Lipinski definition) is 0. The molecule has 0 spiro atoms. The molecule has 3 rings (SSSR count). The molecule has 0 radical (unpaired) electrons. The molecule has 1 aromatic carbocycles. The van der Waals surface area contributed by atoms with Crippen LogP contribution in [0.1, 0.15) is 0 Å². The highest BCUT2D eigenvalue weighted by Gasteiger charge is 2.18. The van der Waals surface area contributed by atoms with Crippen molar-refractivity contribution >= 4 is 52.2 Å². The van der Waals surface area contributed by atoms with E-state index in [0.717, 1.165) is 10.7 Å². The van der Waals surface area contributed by atoms with E-state index in [4.69, 9.17) is 34.8 Å². The average molecular weight is 345 g/mol. The van der Waals surface area contributed by atoms with E-state index in [1.807, 2.05) is 29.0 Å². The zero-order valence-corrected chi connectivity index (χ0v) is 13.4. The monoisotopic (exact) mass is 343 g/mol. The van der Waals surface area contributed by atoms with Crippen LogP contribution >= 0.6 is 46.6 Å². The van der Waals surface area contributed by atoms with Crippen molar-refractivity contribution < 1.29 is 0 Å². The predicted molar refractivity (Wildman–Crippen MR) is 85.2 cm³/mol. The van der Waals surface area contributed by atoms with Crippen molar-refractivity contribution in [1.29, 1.82) is 0 Å². The summed E-state index contributed by atoms with van der Waals surface area (Å²) in [7, 11) is 0. The van der Waals surface area contributed by atoms with Crippen molar-refractivity contribution in [2.75, 3.05) is 6.26 Å². The van der Waals surface area contributed by atoms with Crippen LogP contribution in [0.3, 0.4) is 0 Å². The average Bonchev–Trinajstić information content (AvgIpc) is 2.91. The van der Waals surface area contributed by atoms with Gasteiger partial charge in [-0.25, -0.2) is 9.97 Å². The minimum Gasteiger partial charge on any atom is -0.278 e. The van der Waals surface area contributed by atoms with Gasteiger partial charge in [-0.3, -0.25) is 4.40 Å². The maximum atomic E-state index is 6.32. The van der Waals surface area contributed by atoms with Gasteiger partial charge in [0.1, 0.15) is 10.8 Å². The predicted octanol–water partition coefficient (Wildman–Crippen LogP) is 5.08. The Morgan fingerprint density at radius 1 is 1.20 bits per heavy atom. The molecule has 0 fully saturated rings. The molecule has 0 N–H and O–H groups in total. The summed E-state index contributed by atoms with van der Waals surface area (Å²) >= 11 is 20.2. The Labute approximate surface area is 134 Å². The number of benzene rings is 1. The Kier molecular flexibility index (Phi) is 3.82. The van der Waals surface area contributed by atoms with Gasteiger partial charge in [0.15, 0.2) is 5.16 Å². The van der Waals surface area contributed by atoms with Crippen LogP contribution in [0.4, 0.5) is 0 Å². The van der Waals surface area contributed by atoms with Gasteiger partial charge in [0.25, 0.3) is 0 Å². The molecule has 0 saturated carbocycles. The molecular formula is C13H8Cl3N3S. The minimum atomic E-state index is 0.359. The highest BCUT2D eigenvalue weighted by Crippen LogP contribution is 2.39. The third kappa shape index (κ3) is 2.17. The molecule has 7 heteroatoms. The van der Waals surface area contributed by atoms with Crippen molar-refractivity contribution in [3.63, 3.8) is 0 Å². The fourth-order valence-electron chi connectivity index (χ4n) is 2.00. The van der Waals surface area contributed by atoms with Crippen LogP contribution in [0.15, 0.2) is 35.7 Å². The van der Waals surface area contributed by atoms with Crippen molar-refractivity contribution in [2.45, 2.75) is 5.16 Å². The van der Waals surface area contributed by atoms with Crippen LogP contribution in [0.5, 0.6) is 0 Å². The molecule has 2 aromatic heterocycles. The van der Waals surface area contributed by atoms with Crippen LogP contribution < -0.4 is 0 Å². The van der Waals surface area contributed by atoms with E-state index in [1.165, 1.54) is 11.8 Å². The topological polar surface area (TPSA) is 30.2 Å². The first-order chi connectivity index (χ1) is 9.63. The molecule has 0 aliphatic rings. The van der Waals surface area contributed by atoms with Crippen LogP contribution in [-0.4, -0.2) is 20.6 Å². The molecule has 2 heterocycles. The van der Waals surface area contributed by atoms with E-state index in [0.29, 0.717) is 26.4 Å². The minimum absolute atomic E-state index is 0.359. The number of thioether (sulfide) groups is 1. The molecule has 0 saturated heterocycles. The number of fused-ring (bicyclic) bond motifs is 1. The van der Waals surface area contributed by atoms with E-state index in [1.54, 1.807) is 12.3 Å². The second kappa shape index (κ2) is 5.45. The third-order valence-corrected chi connectivity index (χ3v) is 4.62. The zero-order chi connectivity index (χ0) is 14.3. The summed E-state index contributed by atoms with van der Waals surface area (Å²) in [5, 5.41) is 2.04. The van der Waals surface area contributed by atoms with E-state index in [9.17, 15) is 0 Å². The second-order valence-electron chi connectivity index (χ2n) is 3.99. The first-order valence-electron chi connectivity index (χ1n) is 5.64. The quantitative estimate of drug-likeness (QED) is 0.369. The Balaban J connectivity index is 2.40. The maximum absolute atomic E-state index is 6.32. The summed E-state index contributed by atoms with van der Waals surface area (Å²) in [4.78, 5) is 8.75. The summed E-state index contributed by atoms with van der Waals surface area (Å²) in [6.07, 6.45) is 5.48. The fourth-order valence-corrected chi connectivity index (χ4v) is 3.24. The van der Waals surface area contributed by atoms with Gasteiger partial charge in [0.05, 0.1) is 15.6 Å². The molecule has 0 bridgehead atoms. The summed E-state index contributed by atoms with van der Waals surface area (Å²) in [5.74, 6) is 0. The van der Waals surface area contributed by atoms with Crippen LogP contribution in [0.25, 0.3) is 16.8 Å². The van der Waals surface area contributed by atoms with Gasteiger partial charge in [-0.1, -0.05) is 58.7 Å². The van der Waals surface area contributed by atoms with Gasteiger partial charge in [0, 0.05) is 18.0 Å². The first kappa shape index (κ1) is 14.0. The Morgan fingerprint density at radius 2 is 2.00 bits per heavy atom. The van der Waals surface area contributed by atoms with Gasteiger partial charge in [-0.05, 0) is 12.3 Å². The van der Waals surface area contributed by atoms with Crippen molar-refractivity contribution in [3.05, 3.63) is 45.8 Å². The maximum Gasteiger partial charge on any atom is 0.175 e. The standard InChI is InChI=1S/C13H8Cl3N3S/c1-20-13-18-11(16)9(12-17-5-6-19(12)13)7-3-2-4-8(14)10(7)15/h2-6H,1H3. The smallest absolute Gasteiger partial charge is 0.175 e. The lowest BCUT2D eigenvalue weighted by atomic mass is 10.1. The molecule has 0 unspecified atom stereocenters. The fraction of sp³-hybridized carbons (Fsp3) is 0.0769. The lowest BCUT2D eigenvalue weighted by Gasteiger charge is -2.11. The molecule has 0 amide bonds. The van der Waals surface area contributed by atoms with E-state index < -0.39 is 0 Å². The Hall–Kier alpha value is -0.940. The number of imidazole rings is 1. The van der Waals surface area contributed by atoms with Crippen LogP contribution in [-0.2, 0) is 0 Å². The number of aromatic nitrogens is 3. The summed E-state index contributed by atoms with van der Waals surface area (Å²) in [6, 6.07) is 5.40. The van der Waals surface area contributed by atoms with Crippen molar-refractivity contribution in [3.8, 4) is 11.1 Å². The summed E-state index contributed by atoms with van der Waals surface area (Å²) in [6.45, 7) is 0.